The number of aldehydes is 1. The third-order valence-electron chi connectivity index (χ3n) is 3.08. The van der Waals surface area contributed by atoms with Crippen LogP contribution in [0.5, 0.6) is 5.75 Å². The van der Waals surface area contributed by atoms with E-state index in [4.69, 9.17) is 9.15 Å². The van der Waals surface area contributed by atoms with E-state index < -0.39 is 5.63 Å². The number of benzene rings is 2. The summed E-state index contributed by atoms with van der Waals surface area (Å²) in [6.45, 7) is 0. The highest BCUT2D eigenvalue weighted by Crippen LogP contribution is 2.26. The Morgan fingerprint density at radius 2 is 1.84 bits per heavy atom. The predicted molar refractivity (Wildman–Crippen MR) is 71.9 cm³/mol. The summed E-state index contributed by atoms with van der Waals surface area (Å²) in [6, 6.07) is 10.3. The van der Waals surface area contributed by atoms with E-state index in [0.29, 0.717) is 22.3 Å². The lowest BCUT2D eigenvalue weighted by atomic mass is 10.1. The summed E-state index contributed by atoms with van der Waals surface area (Å²) in [5.74, 6) is 0.601. The van der Waals surface area contributed by atoms with Crippen LogP contribution < -0.4 is 10.4 Å². The van der Waals surface area contributed by atoms with E-state index in [-0.39, 0.29) is 0 Å². The van der Waals surface area contributed by atoms with Gasteiger partial charge < -0.3 is 9.15 Å². The van der Waals surface area contributed by atoms with Crippen LogP contribution in [-0.4, -0.2) is 13.4 Å². The fraction of sp³-hybridized carbons (Fsp3) is 0.0667. The second kappa shape index (κ2) is 4.24. The fourth-order valence-electron chi connectivity index (χ4n) is 2.13. The molecule has 0 atom stereocenters. The molecular weight excluding hydrogens is 244 g/mol. The lowest BCUT2D eigenvalue weighted by Gasteiger charge is -2.05. The van der Waals surface area contributed by atoms with Gasteiger partial charge in [0.15, 0.2) is 0 Å². The number of ether oxygens (including phenoxy) is 1. The van der Waals surface area contributed by atoms with Gasteiger partial charge in [-0.15, -0.1) is 0 Å². The molecule has 0 fully saturated rings. The second-order valence-electron chi connectivity index (χ2n) is 4.17. The molecular formula is C15H10O4. The lowest BCUT2D eigenvalue weighted by Crippen LogP contribution is -2.00. The molecule has 19 heavy (non-hydrogen) atoms. The number of methoxy groups -OCH3 is 1. The summed E-state index contributed by atoms with van der Waals surface area (Å²) in [6.07, 6.45) is 0.720. The molecule has 1 heterocycles. The second-order valence-corrected chi connectivity index (χ2v) is 4.17. The molecule has 94 valence electrons. The number of carbonyl (C=O) groups excluding carboxylic acids is 1. The Hall–Kier alpha value is -2.62. The first kappa shape index (κ1) is 11.5. The van der Waals surface area contributed by atoms with Gasteiger partial charge in [-0.2, -0.15) is 0 Å². The summed E-state index contributed by atoms with van der Waals surface area (Å²) in [4.78, 5) is 22.7. The Bertz CT molecular complexity index is 846. The van der Waals surface area contributed by atoms with Crippen molar-refractivity contribution in [1.82, 2.24) is 0 Å². The average Bonchev–Trinajstić information content (AvgIpc) is 2.46. The van der Waals surface area contributed by atoms with Crippen molar-refractivity contribution in [3.05, 3.63) is 52.4 Å². The lowest BCUT2D eigenvalue weighted by molar-refractivity contribution is 0.112. The molecule has 4 nitrogen and oxygen atoms in total. The van der Waals surface area contributed by atoms with Gasteiger partial charge in [0, 0.05) is 16.3 Å². The van der Waals surface area contributed by atoms with Gasteiger partial charge in [0.2, 0.25) is 0 Å². The van der Waals surface area contributed by atoms with Crippen molar-refractivity contribution < 1.29 is 13.9 Å². The molecule has 0 amide bonds. The Morgan fingerprint density at radius 3 is 2.58 bits per heavy atom. The maximum absolute atomic E-state index is 11.9. The third kappa shape index (κ3) is 1.78. The molecule has 0 aliphatic carbocycles. The van der Waals surface area contributed by atoms with Crippen LogP contribution >= 0.6 is 0 Å². The van der Waals surface area contributed by atoms with Crippen LogP contribution in [0.15, 0.2) is 45.6 Å². The molecule has 3 aromatic rings. The molecule has 1 aromatic heterocycles. The zero-order chi connectivity index (χ0) is 13.4. The van der Waals surface area contributed by atoms with Gasteiger partial charge in [0.25, 0.3) is 0 Å². The number of carbonyl (C=O) groups is 1. The molecule has 0 N–H and O–H groups in total. The smallest absolute Gasteiger partial charge is 0.344 e. The highest BCUT2D eigenvalue weighted by atomic mass is 16.5. The molecule has 0 aliphatic rings. The first-order chi connectivity index (χ1) is 9.22. The zero-order valence-electron chi connectivity index (χ0n) is 10.2. The standard InChI is InChI=1S/C15H10O4/c1-18-10-3-5-11-12-4-2-9(8-16)6-14(12)19-15(17)13(11)7-10/h2-8H,1H3. The quantitative estimate of drug-likeness (QED) is 0.401. The van der Waals surface area contributed by atoms with E-state index in [1.54, 1.807) is 37.4 Å². The summed E-state index contributed by atoms with van der Waals surface area (Å²) in [5, 5.41) is 2.04. The van der Waals surface area contributed by atoms with E-state index in [0.717, 1.165) is 17.1 Å². The first-order valence-electron chi connectivity index (χ1n) is 5.73. The molecule has 2 aromatic carbocycles. The van der Waals surface area contributed by atoms with Crippen molar-refractivity contribution in [1.29, 1.82) is 0 Å². The minimum absolute atomic E-state index is 0.410. The van der Waals surface area contributed by atoms with Gasteiger partial charge in [-0.3, -0.25) is 4.79 Å². The molecule has 0 saturated heterocycles. The largest absolute Gasteiger partial charge is 0.497 e. The summed E-state index contributed by atoms with van der Waals surface area (Å²) in [5.41, 5.74) is 0.445. The molecule has 3 rings (SSSR count). The van der Waals surface area contributed by atoms with E-state index in [2.05, 4.69) is 0 Å². The molecule has 0 unspecified atom stereocenters. The van der Waals surface area contributed by atoms with Crippen LogP contribution in [0.25, 0.3) is 21.7 Å². The first-order valence-corrected chi connectivity index (χ1v) is 5.73. The van der Waals surface area contributed by atoms with E-state index >= 15 is 0 Å². The van der Waals surface area contributed by atoms with Crippen molar-refractivity contribution in [2.75, 3.05) is 7.11 Å². The van der Waals surface area contributed by atoms with E-state index in [9.17, 15) is 9.59 Å². The van der Waals surface area contributed by atoms with Crippen molar-refractivity contribution in [2.24, 2.45) is 0 Å². The molecule has 0 radical (unpaired) electrons. The van der Waals surface area contributed by atoms with Crippen molar-refractivity contribution >= 4 is 28.0 Å². The Balaban J connectivity index is 2.46. The molecule has 0 bridgehead atoms. The highest BCUT2D eigenvalue weighted by molar-refractivity contribution is 6.05. The molecule has 0 spiro atoms. The maximum Gasteiger partial charge on any atom is 0.344 e. The fourth-order valence-corrected chi connectivity index (χ4v) is 2.13. The van der Waals surface area contributed by atoms with Crippen molar-refractivity contribution in [3.63, 3.8) is 0 Å². The molecule has 0 aliphatic heterocycles. The van der Waals surface area contributed by atoms with Gasteiger partial charge in [-0.25, -0.2) is 4.79 Å². The normalized spacial score (nSPS) is 10.8. The minimum atomic E-state index is -0.440. The van der Waals surface area contributed by atoms with Crippen LogP contribution in [-0.2, 0) is 0 Å². The SMILES string of the molecule is COc1ccc2c(c1)c(=O)oc1cc(C=O)ccc12. The van der Waals surface area contributed by atoms with E-state index in [1.165, 1.54) is 0 Å². The van der Waals surface area contributed by atoms with Gasteiger partial charge in [-0.05, 0) is 30.3 Å². The number of rotatable bonds is 2. The summed E-state index contributed by atoms with van der Waals surface area (Å²) >= 11 is 0. The van der Waals surface area contributed by atoms with Crippen molar-refractivity contribution in [2.45, 2.75) is 0 Å². The topological polar surface area (TPSA) is 56.5 Å². The molecule has 4 heteroatoms. The Labute approximate surface area is 108 Å². The third-order valence-corrected chi connectivity index (χ3v) is 3.08. The zero-order valence-corrected chi connectivity index (χ0v) is 10.2. The summed E-state index contributed by atoms with van der Waals surface area (Å²) < 4.78 is 10.3. The van der Waals surface area contributed by atoms with Gasteiger partial charge in [-0.1, -0.05) is 6.07 Å². The maximum atomic E-state index is 11.9. The number of hydrogen-bond donors (Lipinski definition) is 0. The van der Waals surface area contributed by atoms with Crippen molar-refractivity contribution in [3.8, 4) is 5.75 Å². The monoisotopic (exact) mass is 254 g/mol. The van der Waals surface area contributed by atoms with Gasteiger partial charge in [0.1, 0.15) is 17.6 Å². The van der Waals surface area contributed by atoms with Gasteiger partial charge >= 0.3 is 5.63 Å². The van der Waals surface area contributed by atoms with Crippen LogP contribution in [0, 0.1) is 0 Å². The summed E-state index contributed by atoms with van der Waals surface area (Å²) in [7, 11) is 1.54. The van der Waals surface area contributed by atoms with Gasteiger partial charge in [0.05, 0.1) is 12.5 Å². The minimum Gasteiger partial charge on any atom is -0.497 e. The Morgan fingerprint density at radius 1 is 1.05 bits per heavy atom. The highest BCUT2D eigenvalue weighted by Gasteiger charge is 2.08. The van der Waals surface area contributed by atoms with Crippen LogP contribution in [0.1, 0.15) is 10.4 Å². The molecule has 0 saturated carbocycles. The predicted octanol–water partition coefficient (Wildman–Crippen LogP) is 2.77. The Kier molecular flexibility index (Phi) is 2.56. The van der Waals surface area contributed by atoms with Crippen LogP contribution in [0.4, 0.5) is 0 Å². The van der Waals surface area contributed by atoms with Crippen LogP contribution in [0.3, 0.4) is 0 Å². The van der Waals surface area contributed by atoms with E-state index in [1.807, 2.05) is 6.07 Å². The number of hydrogen-bond acceptors (Lipinski definition) is 4. The average molecular weight is 254 g/mol. The van der Waals surface area contributed by atoms with Crippen LogP contribution in [0.2, 0.25) is 0 Å². The number of fused-ring (bicyclic) bond motifs is 3.